The molecule has 17 heavy (non-hydrogen) atoms. The second-order valence-corrected chi connectivity index (χ2v) is 3.49. The molecule has 5 nitrogen and oxygen atoms in total. The van der Waals surface area contributed by atoms with E-state index in [0.29, 0.717) is 11.2 Å². The van der Waals surface area contributed by atoms with E-state index in [1.165, 1.54) is 6.33 Å². The molecular formula is C12H7N5. The van der Waals surface area contributed by atoms with E-state index in [1.807, 2.05) is 24.3 Å². The van der Waals surface area contributed by atoms with Gasteiger partial charge in [-0.2, -0.15) is 10.4 Å². The van der Waals surface area contributed by atoms with Crippen molar-refractivity contribution in [1.82, 2.24) is 19.6 Å². The summed E-state index contributed by atoms with van der Waals surface area (Å²) >= 11 is 0. The summed E-state index contributed by atoms with van der Waals surface area (Å²) in [5.74, 6) is 0. The maximum Gasteiger partial charge on any atom is 0.159 e. The molecule has 2 heterocycles. The average molecular weight is 221 g/mol. The third kappa shape index (κ3) is 1.52. The highest BCUT2D eigenvalue weighted by atomic mass is 15.3. The zero-order valence-corrected chi connectivity index (χ0v) is 8.78. The first-order chi connectivity index (χ1) is 8.38. The van der Waals surface area contributed by atoms with Crippen molar-refractivity contribution >= 4 is 5.65 Å². The Morgan fingerprint density at radius 1 is 1.18 bits per heavy atom. The zero-order chi connectivity index (χ0) is 11.7. The summed E-state index contributed by atoms with van der Waals surface area (Å²) in [6.45, 7) is 0. The van der Waals surface area contributed by atoms with Crippen LogP contribution in [0.3, 0.4) is 0 Å². The van der Waals surface area contributed by atoms with Crippen molar-refractivity contribution < 1.29 is 0 Å². The summed E-state index contributed by atoms with van der Waals surface area (Å²) in [6, 6.07) is 11.3. The quantitative estimate of drug-likeness (QED) is 0.626. The van der Waals surface area contributed by atoms with Gasteiger partial charge in [0.15, 0.2) is 5.65 Å². The van der Waals surface area contributed by atoms with Gasteiger partial charge in [-0.15, -0.1) is 0 Å². The Labute approximate surface area is 97.0 Å². The van der Waals surface area contributed by atoms with Crippen LogP contribution in [0.25, 0.3) is 16.9 Å². The van der Waals surface area contributed by atoms with Crippen LogP contribution in [0.5, 0.6) is 0 Å². The molecule has 0 unspecified atom stereocenters. The topological polar surface area (TPSA) is 66.9 Å². The zero-order valence-electron chi connectivity index (χ0n) is 8.78. The van der Waals surface area contributed by atoms with Gasteiger partial charge >= 0.3 is 0 Å². The maximum absolute atomic E-state index is 9.04. The van der Waals surface area contributed by atoms with E-state index in [9.17, 15) is 0 Å². The van der Waals surface area contributed by atoms with Crippen LogP contribution in [0.15, 0.2) is 43.0 Å². The summed E-state index contributed by atoms with van der Waals surface area (Å²) in [6.07, 6.45) is 3.06. The SMILES string of the molecule is N#Cc1ccccc1-c1cc2ncnn2cn1. The second kappa shape index (κ2) is 3.68. The number of aromatic nitrogens is 4. The Balaban J connectivity index is 2.23. The Morgan fingerprint density at radius 2 is 2.06 bits per heavy atom. The van der Waals surface area contributed by atoms with Crippen molar-refractivity contribution in [2.45, 2.75) is 0 Å². The van der Waals surface area contributed by atoms with Crippen LogP contribution in [0.4, 0.5) is 0 Å². The standard InChI is InChI=1S/C12H7N5/c13-6-9-3-1-2-4-10(9)11-5-12-14-7-16-17(12)8-15-11/h1-5,7-8H. The minimum absolute atomic E-state index is 0.601. The molecule has 3 aromatic rings. The molecule has 0 aliphatic heterocycles. The highest BCUT2D eigenvalue weighted by molar-refractivity contribution is 5.69. The van der Waals surface area contributed by atoms with Gasteiger partial charge in [-0.05, 0) is 6.07 Å². The predicted octanol–water partition coefficient (Wildman–Crippen LogP) is 1.66. The molecule has 0 radical (unpaired) electrons. The van der Waals surface area contributed by atoms with Crippen LogP contribution in [0.1, 0.15) is 5.56 Å². The molecule has 3 rings (SSSR count). The molecule has 0 saturated heterocycles. The molecule has 0 aliphatic carbocycles. The minimum atomic E-state index is 0.601. The molecule has 80 valence electrons. The summed E-state index contributed by atoms with van der Waals surface area (Å²) in [5, 5.41) is 13.0. The summed E-state index contributed by atoms with van der Waals surface area (Å²) in [7, 11) is 0. The number of nitriles is 1. The number of benzene rings is 1. The average Bonchev–Trinajstić information content (AvgIpc) is 2.85. The Hall–Kier alpha value is -2.74. The molecule has 0 spiro atoms. The predicted molar refractivity (Wildman–Crippen MR) is 60.9 cm³/mol. The first-order valence-corrected chi connectivity index (χ1v) is 5.03. The lowest BCUT2D eigenvalue weighted by Crippen LogP contribution is -1.93. The third-order valence-electron chi connectivity index (χ3n) is 2.50. The highest BCUT2D eigenvalue weighted by Gasteiger charge is 2.06. The van der Waals surface area contributed by atoms with Crippen LogP contribution in [-0.2, 0) is 0 Å². The number of hydrogen-bond donors (Lipinski definition) is 0. The van der Waals surface area contributed by atoms with E-state index >= 15 is 0 Å². The van der Waals surface area contributed by atoms with E-state index in [2.05, 4.69) is 21.1 Å². The highest BCUT2D eigenvalue weighted by Crippen LogP contribution is 2.21. The van der Waals surface area contributed by atoms with Crippen LogP contribution in [0.2, 0.25) is 0 Å². The lowest BCUT2D eigenvalue weighted by atomic mass is 10.1. The van der Waals surface area contributed by atoms with E-state index in [0.717, 1.165) is 11.3 Å². The van der Waals surface area contributed by atoms with Crippen molar-refractivity contribution in [2.75, 3.05) is 0 Å². The molecule has 0 fully saturated rings. The fourth-order valence-corrected chi connectivity index (χ4v) is 1.68. The van der Waals surface area contributed by atoms with Crippen molar-refractivity contribution in [2.24, 2.45) is 0 Å². The number of hydrogen-bond acceptors (Lipinski definition) is 4. The second-order valence-electron chi connectivity index (χ2n) is 3.49. The van der Waals surface area contributed by atoms with Gasteiger partial charge in [0, 0.05) is 11.6 Å². The van der Waals surface area contributed by atoms with Crippen LogP contribution >= 0.6 is 0 Å². The minimum Gasteiger partial charge on any atom is -0.236 e. The molecule has 2 aromatic heterocycles. The lowest BCUT2D eigenvalue weighted by Gasteiger charge is -2.02. The van der Waals surface area contributed by atoms with Crippen molar-refractivity contribution in [3.63, 3.8) is 0 Å². The third-order valence-corrected chi connectivity index (χ3v) is 2.50. The Bertz CT molecular complexity index is 723. The molecule has 0 atom stereocenters. The lowest BCUT2D eigenvalue weighted by molar-refractivity contribution is 0.923. The van der Waals surface area contributed by atoms with Crippen LogP contribution in [0, 0.1) is 11.3 Å². The Kier molecular flexibility index (Phi) is 2.06. The summed E-state index contributed by atoms with van der Waals surface area (Å²) in [4.78, 5) is 8.36. The maximum atomic E-state index is 9.04. The Morgan fingerprint density at radius 3 is 2.94 bits per heavy atom. The summed E-state index contributed by atoms with van der Waals surface area (Å²) < 4.78 is 1.58. The molecule has 0 aliphatic rings. The fraction of sp³-hybridized carbons (Fsp3) is 0. The first kappa shape index (κ1) is 9.48. The van der Waals surface area contributed by atoms with Gasteiger partial charge in [0.1, 0.15) is 12.7 Å². The van der Waals surface area contributed by atoms with Gasteiger partial charge in [0.25, 0.3) is 0 Å². The molecule has 5 heteroatoms. The molecule has 0 saturated carbocycles. The van der Waals surface area contributed by atoms with E-state index < -0.39 is 0 Å². The van der Waals surface area contributed by atoms with Gasteiger partial charge in [0.2, 0.25) is 0 Å². The van der Waals surface area contributed by atoms with E-state index in [-0.39, 0.29) is 0 Å². The number of fused-ring (bicyclic) bond motifs is 1. The smallest absolute Gasteiger partial charge is 0.159 e. The van der Waals surface area contributed by atoms with Crippen molar-refractivity contribution in [1.29, 1.82) is 5.26 Å². The van der Waals surface area contributed by atoms with Crippen molar-refractivity contribution in [3.05, 3.63) is 48.5 Å². The van der Waals surface area contributed by atoms with Gasteiger partial charge in [0.05, 0.1) is 17.3 Å². The number of nitrogens with zero attached hydrogens (tertiary/aromatic N) is 5. The van der Waals surface area contributed by atoms with E-state index in [1.54, 1.807) is 16.9 Å². The largest absolute Gasteiger partial charge is 0.236 e. The first-order valence-electron chi connectivity index (χ1n) is 5.03. The summed E-state index contributed by atoms with van der Waals surface area (Å²) in [5.41, 5.74) is 2.84. The van der Waals surface area contributed by atoms with E-state index in [4.69, 9.17) is 5.26 Å². The normalized spacial score (nSPS) is 10.3. The van der Waals surface area contributed by atoms with Gasteiger partial charge in [-0.3, -0.25) is 0 Å². The monoisotopic (exact) mass is 221 g/mol. The molecule has 0 N–H and O–H groups in total. The van der Waals surface area contributed by atoms with Gasteiger partial charge < -0.3 is 0 Å². The molecular weight excluding hydrogens is 214 g/mol. The van der Waals surface area contributed by atoms with Crippen LogP contribution in [-0.4, -0.2) is 19.6 Å². The van der Waals surface area contributed by atoms with Crippen LogP contribution < -0.4 is 0 Å². The fourth-order valence-electron chi connectivity index (χ4n) is 1.68. The van der Waals surface area contributed by atoms with Gasteiger partial charge in [-0.1, -0.05) is 18.2 Å². The molecule has 1 aromatic carbocycles. The van der Waals surface area contributed by atoms with Gasteiger partial charge in [-0.25, -0.2) is 14.5 Å². The molecule has 0 amide bonds. The number of rotatable bonds is 1. The van der Waals surface area contributed by atoms with Crippen molar-refractivity contribution in [3.8, 4) is 17.3 Å². The molecule has 0 bridgehead atoms.